The highest BCUT2D eigenvalue weighted by Crippen LogP contribution is 2.66. The molecule has 7 atom stereocenters. The third kappa shape index (κ3) is 16.4. The van der Waals surface area contributed by atoms with Crippen LogP contribution in [0, 0.1) is 6.92 Å². The quantitative estimate of drug-likeness (QED) is 0.0149. The second-order valence-corrected chi connectivity index (χ2v) is 29.2. The summed E-state index contributed by atoms with van der Waals surface area (Å²) < 4.78 is 128. The van der Waals surface area contributed by atoms with E-state index in [1.165, 1.54) is 22.8 Å². The van der Waals surface area contributed by atoms with Gasteiger partial charge in [-0.15, -0.1) is 0 Å². The van der Waals surface area contributed by atoms with Gasteiger partial charge in [-0.2, -0.15) is 21.1 Å². The van der Waals surface area contributed by atoms with Crippen LogP contribution >= 0.6 is 22.4 Å². The summed E-state index contributed by atoms with van der Waals surface area (Å²) in [7, 11) is -20.5. The molecule has 2 amide bonds. The number of anilines is 2. The van der Waals surface area contributed by atoms with Crippen molar-refractivity contribution in [2.75, 3.05) is 55.7 Å². The normalized spacial score (nSPS) is 20.8. The molecule has 4 aliphatic rings. The topological polar surface area (TPSA) is 437 Å². The summed E-state index contributed by atoms with van der Waals surface area (Å²) >= 11 is 4.11. The van der Waals surface area contributed by atoms with Crippen molar-refractivity contribution in [3.8, 4) is 22.6 Å². The van der Waals surface area contributed by atoms with Gasteiger partial charge in [-0.05, 0) is 100 Å². The van der Waals surface area contributed by atoms with Gasteiger partial charge < -0.3 is 59.8 Å². The fourth-order valence-corrected chi connectivity index (χ4v) is 15.3. The van der Waals surface area contributed by atoms with Crippen LogP contribution < -0.4 is 31.2 Å². The van der Waals surface area contributed by atoms with E-state index >= 15 is 0 Å². The Kier molecular flexibility index (Phi) is 21.2. The number of nitrogens with two attached hydrogens (primary N) is 1. The number of ether oxygens (including phenoxy) is 2. The zero-order valence-corrected chi connectivity index (χ0v) is 52.6. The number of nitrogen functional groups attached to an aromatic ring is 1. The van der Waals surface area contributed by atoms with E-state index in [4.69, 9.17) is 24.1 Å². The minimum Gasteiger partial charge on any atom is -0.456 e. The van der Waals surface area contributed by atoms with Gasteiger partial charge in [0.15, 0.2) is 23.8 Å². The van der Waals surface area contributed by atoms with Gasteiger partial charge in [-0.25, -0.2) is 37.8 Å². The van der Waals surface area contributed by atoms with Gasteiger partial charge >= 0.3 is 28.5 Å². The van der Waals surface area contributed by atoms with Crippen LogP contribution in [0.15, 0.2) is 107 Å². The highest BCUT2D eigenvalue weighted by Gasteiger charge is 2.50. The van der Waals surface area contributed by atoms with E-state index in [1.807, 2.05) is 85.5 Å². The molecule has 5 heterocycles. The summed E-state index contributed by atoms with van der Waals surface area (Å²) in [5.74, 6) is 0.141. The molecule has 0 saturated carbocycles. The van der Waals surface area contributed by atoms with Gasteiger partial charge in [0.25, 0.3) is 20.2 Å². The summed E-state index contributed by atoms with van der Waals surface area (Å²) in [6.07, 6.45) is 0.0153. The molecule has 3 unspecified atom stereocenters. The van der Waals surface area contributed by atoms with Gasteiger partial charge in [-0.1, -0.05) is 42.5 Å². The lowest BCUT2D eigenvalue weighted by atomic mass is 9.77. The number of hydrogen-bond acceptors (Lipinski definition) is 21. The Hall–Kier alpha value is -6.19. The first-order valence-electron chi connectivity index (χ1n) is 27.0. The summed E-state index contributed by atoms with van der Waals surface area (Å²) in [4.78, 5) is 78.8. The lowest BCUT2D eigenvalue weighted by Gasteiger charge is -2.30. The number of rotatable bonds is 26. The molecular formula is C52H65N9O21P3S3+. The van der Waals surface area contributed by atoms with E-state index in [0.717, 1.165) is 53.4 Å². The molecule has 88 heavy (non-hydrogen) atoms. The van der Waals surface area contributed by atoms with Crippen molar-refractivity contribution in [2.24, 2.45) is 0 Å². The predicted octanol–water partition coefficient (Wildman–Crippen LogP) is 4.89. The van der Waals surface area contributed by atoms with E-state index in [2.05, 4.69) is 64.4 Å². The monoisotopic (exact) mass is 1340 g/mol. The minimum atomic E-state index is -5.74. The number of aliphatic hydroxyl groups excluding tert-OH is 1. The van der Waals surface area contributed by atoms with Gasteiger partial charge in [0.05, 0.1) is 29.6 Å². The highest BCUT2D eigenvalue weighted by atomic mass is 32.5. The van der Waals surface area contributed by atoms with Crippen molar-refractivity contribution >= 4 is 95.2 Å². The Morgan fingerprint density at radius 2 is 1.65 bits per heavy atom. The number of phosphoric ester groups is 1. The molecule has 0 spiro atoms. The molecule has 30 nitrogen and oxygen atoms in total. The van der Waals surface area contributed by atoms with Crippen molar-refractivity contribution in [2.45, 2.75) is 88.2 Å². The number of aromatic nitrogens is 4. The first-order valence-corrected chi connectivity index (χ1v) is 35.7. The number of fused-ring (bicyclic) bond motifs is 3. The molecule has 0 radical (unpaired) electrons. The zero-order valence-electron chi connectivity index (χ0n) is 47.5. The van der Waals surface area contributed by atoms with Crippen LogP contribution in [-0.4, -0.2) is 146 Å². The van der Waals surface area contributed by atoms with Crippen molar-refractivity contribution in [1.29, 1.82) is 0 Å². The van der Waals surface area contributed by atoms with Crippen molar-refractivity contribution in [3.05, 3.63) is 119 Å². The number of nitrogens with zero attached hydrogens (tertiary/aromatic N) is 6. The minimum absolute atomic E-state index is 0.0379. The molecule has 11 N–H and O–H groups in total. The van der Waals surface area contributed by atoms with Crippen LogP contribution in [0.5, 0.6) is 0 Å². The van der Waals surface area contributed by atoms with Gasteiger partial charge in [-0.3, -0.25) is 23.0 Å². The molecule has 4 aromatic rings. The largest absolute Gasteiger partial charge is 0.488 e. The summed E-state index contributed by atoms with van der Waals surface area (Å²) in [5.41, 5.74) is 9.74. The van der Waals surface area contributed by atoms with Crippen LogP contribution in [0.25, 0.3) is 39.9 Å². The third-order valence-electron chi connectivity index (χ3n) is 14.5. The molecule has 1 aliphatic carbocycles. The zero-order chi connectivity index (χ0) is 64.1. The van der Waals surface area contributed by atoms with E-state index in [0.29, 0.717) is 28.5 Å². The SMILES string of the molecule is CC[N+](CC)=c1ccc2c(/C=C/C=C3\N(CCCS(=O)(=O)O)c4ccc(S(=O)(=O)O)cc4C3(C)CCCC(=O)NCCNC(=O)O[C@H]3[C@@H](O)[C@H](n4cnc5c(N)ncnc54)O[C@@H]3COP(=O)(O)OP(=O)(O)OP(O)(O)=S)c(C)c(-c3ccccc3)oc-2c1. The van der Waals surface area contributed by atoms with Crippen LogP contribution in [0.1, 0.15) is 69.4 Å². The Morgan fingerprint density at radius 1 is 0.932 bits per heavy atom. The number of allylic oxidation sites excluding steroid dienone is 3. The predicted molar refractivity (Wildman–Crippen MR) is 322 cm³/mol. The van der Waals surface area contributed by atoms with E-state index < -0.39 is 102 Å². The van der Waals surface area contributed by atoms with Crippen LogP contribution in [-0.2, 0) is 74.0 Å². The van der Waals surface area contributed by atoms with Crippen molar-refractivity contribution in [1.82, 2.24) is 34.7 Å². The number of nitrogens with one attached hydrogen (secondary N) is 2. The van der Waals surface area contributed by atoms with Crippen molar-refractivity contribution in [3.63, 3.8) is 0 Å². The smallest absolute Gasteiger partial charge is 0.456 e. The maximum absolute atomic E-state index is 13.5. The first-order chi connectivity index (χ1) is 41.3. The van der Waals surface area contributed by atoms with Gasteiger partial charge in [0.1, 0.15) is 48.7 Å². The Balaban J connectivity index is 0.992. The second kappa shape index (κ2) is 27.5. The Bertz CT molecular complexity index is 4090. The van der Waals surface area contributed by atoms with Crippen LogP contribution in [0.3, 0.4) is 0 Å². The standard InChI is InChI=1S/C52H64N9O21P3S3/c1-5-59(6-2)34-18-20-37-36(32(3)46(78-40(37)27-34)33-13-8-7-9-14-33)15-10-16-42-52(4,38-28-35(88(74,75)76)19-21-39(38)60(42)25-12-26-87(71,72)73)22-11-17-43(62)54-23-24-55-51(64)80-47-41(29-77-83(65,66)81-84(67,68)82-85(69,70)86)79-50(45(47)63)61-31-58-44-48(53)56-30-57-49(44)61/h7-10,13-16,18-21,27-28,30-31,41,45,47,50,63H,5-6,11-12,17,22-26,29H2,1-4H3,(H9-,53,54,55,56,57,62,64,65,66,67,68,69,70,71,72,73,74,75,76,86)/p+1/t41-,45-,47-,50-,52?/m1/s1. The van der Waals surface area contributed by atoms with Crippen LogP contribution in [0.4, 0.5) is 16.3 Å². The molecule has 476 valence electrons. The van der Waals surface area contributed by atoms with E-state index in [-0.39, 0.29) is 62.3 Å². The fourth-order valence-electron chi connectivity index (χ4n) is 10.5. The Labute approximate surface area is 509 Å². The number of carbonyl (C=O) groups is 2. The van der Waals surface area contributed by atoms with E-state index in [9.17, 15) is 69.3 Å². The molecule has 1 saturated heterocycles. The first kappa shape index (κ1) is 67.7. The number of amides is 2. The molecule has 1 fully saturated rings. The summed E-state index contributed by atoms with van der Waals surface area (Å²) in [6, 6.07) is 19.7. The number of imidazole rings is 1. The summed E-state index contributed by atoms with van der Waals surface area (Å²) in [6.45, 7) is 3.01. The molecule has 2 aromatic heterocycles. The third-order valence-corrected chi connectivity index (χ3v) is 20.6. The van der Waals surface area contributed by atoms with Gasteiger partial charge in [0.2, 0.25) is 11.3 Å². The van der Waals surface area contributed by atoms with Crippen molar-refractivity contribution < 1.29 is 96.4 Å². The lowest BCUT2D eigenvalue weighted by Crippen LogP contribution is -2.42. The molecule has 2 aromatic carbocycles. The number of phosphoric acid groups is 2. The Morgan fingerprint density at radius 3 is 2.33 bits per heavy atom. The number of carbonyl (C=O) groups excluding carboxylic acids is 2. The number of hydrogen-bond donors (Lipinski definition) is 10. The number of aliphatic hydroxyl groups is 1. The maximum atomic E-state index is 13.5. The number of benzene rings is 3. The molecule has 0 bridgehead atoms. The molecular weight excluding hydrogens is 1280 g/mol. The van der Waals surface area contributed by atoms with E-state index in [1.54, 1.807) is 0 Å². The second-order valence-electron chi connectivity index (χ2n) is 20.4. The van der Waals surface area contributed by atoms with Crippen LogP contribution in [0.2, 0.25) is 0 Å². The average molecular weight is 1340 g/mol. The fraction of sp³-hybridized carbons (Fsp3) is 0.385. The lowest BCUT2D eigenvalue weighted by molar-refractivity contribution is -0.121. The summed E-state index contributed by atoms with van der Waals surface area (Å²) in [5, 5.41) is 17.5. The molecule has 3 aliphatic heterocycles. The maximum Gasteiger partial charge on any atom is 0.488 e. The average Bonchev–Trinajstić information content (AvgIpc) is 1.91. The number of alkyl carbamates (subject to hydrolysis) is 1. The highest BCUT2D eigenvalue weighted by molar-refractivity contribution is 8.08. The van der Waals surface area contributed by atoms with Gasteiger partial charge in [0, 0.05) is 65.6 Å². The molecule has 8 rings (SSSR count). The molecule has 36 heteroatoms.